The van der Waals surface area contributed by atoms with Gasteiger partial charge in [-0.3, -0.25) is 9.59 Å². The van der Waals surface area contributed by atoms with Gasteiger partial charge in [0.2, 0.25) is 11.8 Å². The van der Waals surface area contributed by atoms with Crippen molar-refractivity contribution in [2.45, 2.75) is 40.5 Å². The van der Waals surface area contributed by atoms with Gasteiger partial charge in [-0.15, -0.1) is 0 Å². The Kier molecular flexibility index (Phi) is 2.49. The van der Waals surface area contributed by atoms with Crippen LogP contribution in [0.3, 0.4) is 0 Å². The minimum Gasteiger partial charge on any atom is -0.329 e. The lowest BCUT2D eigenvalue weighted by Crippen LogP contribution is -2.22. The first-order chi connectivity index (χ1) is 7.71. The zero-order valence-corrected chi connectivity index (χ0v) is 10.8. The molecule has 2 heterocycles. The predicted molar refractivity (Wildman–Crippen MR) is 65.5 cm³/mol. The fourth-order valence-electron chi connectivity index (χ4n) is 2.25. The van der Waals surface area contributed by atoms with E-state index in [4.69, 9.17) is 0 Å². The molecule has 0 atom stereocenters. The van der Waals surface area contributed by atoms with Crippen LogP contribution < -0.4 is 5.32 Å². The Balaban J connectivity index is 2.35. The van der Waals surface area contributed by atoms with Crippen LogP contribution in [0.5, 0.6) is 0 Å². The van der Waals surface area contributed by atoms with Gasteiger partial charge in [-0.1, -0.05) is 27.7 Å². The monoisotopic (exact) mass is 234 g/mol. The molecule has 2 amide bonds. The summed E-state index contributed by atoms with van der Waals surface area (Å²) in [4.78, 5) is 26.8. The van der Waals surface area contributed by atoms with Gasteiger partial charge >= 0.3 is 0 Å². The van der Waals surface area contributed by atoms with Crippen molar-refractivity contribution in [1.29, 1.82) is 0 Å². The summed E-state index contributed by atoms with van der Waals surface area (Å²) in [6, 6.07) is 0. The maximum atomic E-state index is 11.4. The molecular weight excluding hydrogens is 216 g/mol. The van der Waals surface area contributed by atoms with Crippen LogP contribution in [0.25, 0.3) is 0 Å². The Hall–Kier alpha value is -1.45. The van der Waals surface area contributed by atoms with E-state index in [0.29, 0.717) is 12.8 Å². The Bertz CT molecular complexity index is 456. The number of hydrogen-bond acceptors (Lipinski definition) is 2. The molecule has 1 saturated heterocycles. The summed E-state index contributed by atoms with van der Waals surface area (Å²) in [6.45, 7) is 8.03. The van der Waals surface area contributed by atoms with Crippen molar-refractivity contribution >= 4 is 17.5 Å². The molecule has 0 saturated carbocycles. The van der Waals surface area contributed by atoms with Crippen LogP contribution in [0.15, 0.2) is 16.8 Å². The number of nitrogens with zero attached hydrogens (tertiary/aromatic N) is 1. The lowest BCUT2D eigenvalue weighted by Gasteiger charge is -2.21. The molecule has 1 fully saturated rings. The average Bonchev–Trinajstić information content (AvgIpc) is 2.50. The van der Waals surface area contributed by atoms with Gasteiger partial charge in [-0.25, -0.2) is 4.99 Å². The Labute approximate surface area is 101 Å². The highest BCUT2D eigenvalue weighted by atomic mass is 16.2. The molecule has 4 heteroatoms. The zero-order valence-electron chi connectivity index (χ0n) is 10.8. The van der Waals surface area contributed by atoms with E-state index in [2.05, 4.69) is 10.3 Å². The van der Waals surface area contributed by atoms with Crippen molar-refractivity contribution in [1.82, 2.24) is 5.32 Å². The zero-order chi connectivity index (χ0) is 12.8. The highest BCUT2D eigenvalue weighted by molar-refractivity contribution is 6.12. The van der Waals surface area contributed by atoms with Crippen LogP contribution in [-0.4, -0.2) is 17.5 Å². The van der Waals surface area contributed by atoms with Gasteiger partial charge in [-0.2, -0.15) is 0 Å². The third-order valence-electron chi connectivity index (χ3n) is 3.42. The van der Waals surface area contributed by atoms with E-state index in [-0.39, 0.29) is 22.6 Å². The lowest BCUT2D eigenvalue weighted by atomic mass is 9.82. The highest BCUT2D eigenvalue weighted by Gasteiger charge is 2.38. The average molecular weight is 234 g/mol. The van der Waals surface area contributed by atoms with Crippen molar-refractivity contribution in [2.75, 3.05) is 0 Å². The summed E-state index contributed by atoms with van der Waals surface area (Å²) in [5.74, 6) is -0.0482. The number of carbonyl (C=O) groups excluding carboxylic acids is 2. The number of allylic oxidation sites excluding steroid dienone is 2. The van der Waals surface area contributed by atoms with Gasteiger partial charge in [0, 0.05) is 29.4 Å². The second-order valence-corrected chi connectivity index (χ2v) is 6.12. The molecule has 0 aromatic heterocycles. The first-order valence-electron chi connectivity index (χ1n) is 5.85. The number of carbonyl (C=O) groups is 2. The van der Waals surface area contributed by atoms with E-state index in [0.717, 1.165) is 11.4 Å². The molecule has 4 nitrogen and oxygen atoms in total. The molecule has 0 aliphatic carbocycles. The molecule has 0 spiro atoms. The van der Waals surface area contributed by atoms with Crippen LogP contribution in [0.4, 0.5) is 0 Å². The highest BCUT2D eigenvalue weighted by Crippen LogP contribution is 2.36. The van der Waals surface area contributed by atoms with Gasteiger partial charge in [0.1, 0.15) is 0 Å². The summed E-state index contributed by atoms with van der Waals surface area (Å²) in [6.07, 6.45) is 2.80. The van der Waals surface area contributed by atoms with Crippen LogP contribution in [-0.2, 0) is 9.59 Å². The number of aliphatic imine (C=N–C) groups is 1. The smallest absolute Gasteiger partial charge is 0.246 e. The molecule has 0 aromatic rings. The Morgan fingerprint density at radius 3 is 2.18 bits per heavy atom. The van der Waals surface area contributed by atoms with Crippen LogP contribution >= 0.6 is 0 Å². The fraction of sp³-hybridized carbons (Fsp3) is 0.615. The molecule has 2 aliphatic rings. The fourth-order valence-corrected chi connectivity index (χ4v) is 2.25. The maximum absolute atomic E-state index is 11.4. The molecule has 1 N–H and O–H groups in total. The minimum absolute atomic E-state index is 0.0315. The molecular formula is C13H18N2O2. The number of rotatable bonds is 1. The molecule has 0 aromatic carbocycles. The summed E-state index contributed by atoms with van der Waals surface area (Å²) >= 11 is 0. The number of nitrogens with one attached hydrogen (secondary N) is 1. The van der Waals surface area contributed by atoms with Crippen molar-refractivity contribution in [3.05, 3.63) is 11.8 Å². The van der Waals surface area contributed by atoms with Gasteiger partial charge in [0.15, 0.2) is 0 Å². The van der Waals surface area contributed by atoms with Crippen LogP contribution in [0, 0.1) is 10.8 Å². The summed E-state index contributed by atoms with van der Waals surface area (Å²) in [7, 11) is 0. The van der Waals surface area contributed by atoms with E-state index in [1.807, 2.05) is 33.8 Å². The van der Waals surface area contributed by atoms with E-state index < -0.39 is 0 Å². The second-order valence-electron chi connectivity index (χ2n) is 6.12. The quantitative estimate of drug-likeness (QED) is 0.752. The van der Waals surface area contributed by atoms with Gasteiger partial charge in [-0.05, 0) is 6.08 Å². The number of amides is 2. The van der Waals surface area contributed by atoms with Crippen molar-refractivity contribution in [3.63, 3.8) is 0 Å². The molecule has 92 valence electrons. The molecule has 17 heavy (non-hydrogen) atoms. The van der Waals surface area contributed by atoms with Crippen LogP contribution in [0.1, 0.15) is 40.5 Å². The van der Waals surface area contributed by atoms with Crippen molar-refractivity contribution in [3.8, 4) is 0 Å². The summed E-state index contributed by atoms with van der Waals surface area (Å²) in [5.41, 5.74) is 1.21. The summed E-state index contributed by atoms with van der Waals surface area (Å²) in [5, 5.41) is 2.85. The largest absolute Gasteiger partial charge is 0.329 e. The van der Waals surface area contributed by atoms with Crippen LogP contribution in [0.2, 0.25) is 0 Å². The van der Waals surface area contributed by atoms with E-state index >= 15 is 0 Å². The maximum Gasteiger partial charge on any atom is 0.246 e. The summed E-state index contributed by atoms with van der Waals surface area (Å²) < 4.78 is 0. The topological polar surface area (TPSA) is 58.5 Å². The first-order valence-corrected chi connectivity index (χ1v) is 5.85. The molecule has 2 rings (SSSR count). The van der Waals surface area contributed by atoms with Crippen molar-refractivity contribution in [2.24, 2.45) is 15.8 Å². The molecule has 2 aliphatic heterocycles. The SMILES string of the molecule is CC1(C)CC(=O)N=C1/C=C1\NC(=O)CC1(C)C. The Morgan fingerprint density at radius 1 is 1.12 bits per heavy atom. The Morgan fingerprint density at radius 2 is 1.76 bits per heavy atom. The van der Waals surface area contributed by atoms with E-state index in [9.17, 15) is 9.59 Å². The van der Waals surface area contributed by atoms with E-state index in [1.165, 1.54) is 0 Å². The molecule has 0 bridgehead atoms. The third kappa shape index (κ3) is 2.16. The first kappa shape index (κ1) is 12.0. The van der Waals surface area contributed by atoms with Gasteiger partial charge < -0.3 is 5.32 Å². The standard InChI is InChI=1S/C13H18N2O2/c1-12(2)6-10(16)14-8(12)5-9-13(3,4)7-11(17)15-9/h5H,6-7H2,1-4H3,(H,14,16)/b8-5-. The lowest BCUT2D eigenvalue weighted by molar-refractivity contribution is -0.119. The molecule has 0 unspecified atom stereocenters. The van der Waals surface area contributed by atoms with Crippen molar-refractivity contribution < 1.29 is 9.59 Å². The minimum atomic E-state index is -0.229. The number of hydrogen-bond donors (Lipinski definition) is 1. The third-order valence-corrected chi connectivity index (χ3v) is 3.42. The second kappa shape index (κ2) is 3.52. The normalized spacial score (nSPS) is 28.5. The van der Waals surface area contributed by atoms with Gasteiger partial charge in [0.05, 0.1) is 5.71 Å². The van der Waals surface area contributed by atoms with E-state index in [1.54, 1.807) is 0 Å². The molecule has 0 radical (unpaired) electrons. The van der Waals surface area contributed by atoms with Gasteiger partial charge in [0.25, 0.3) is 0 Å². The predicted octanol–water partition coefficient (Wildman–Crippen LogP) is 1.81.